The van der Waals surface area contributed by atoms with Gasteiger partial charge in [0.25, 0.3) is 0 Å². The molecule has 0 bridgehead atoms. The van der Waals surface area contributed by atoms with Gasteiger partial charge in [0.1, 0.15) is 11.3 Å². The van der Waals surface area contributed by atoms with Gasteiger partial charge in [-0.2, -0.15) is 0 Å². The molecule has 1 aliphatic heterocycles. The van der Waals surface area contributed by atoms with Crippen molar-refractivity contribution in [3.05, 3.63) is 0 Å². The van der Waals surface area contributed by atoms with Crippen LogP contribution in [0.2, 0.25) is 0 Å². The fourth-order valence-electron chi connectivity index (χ4n) is 3.11. The van der Waals surface area contributed by atoms with E-state index >= 15 is 0 Å². The second kappa shape index (κ2) is 9.64. The summed E-state index contributed by atoms with van der Waals surface area (Å²) in [4.78, 5) is 18.7. The van der Waals surface area contributed by atoms with Gasteiger partial charge in [0.05, 0.1) is 12.1 Å². The van der Waals surface area contributed by atoms with E-state index in [0.29, 0.717) is 24.8 Å². The second-order valence-electron chi connectivity index (χ2n) is 9.73. The molecule has 0 aromatic heterocycles. The van der Waals surface area contributed by atoms with Gasteiger partial charge in [-0.25, -0.2) is 4.79 Å². The summed E-state index contributed by atoms with van der Waals surface area (Å²) in [6.07, 6.45) is -0.571. The molecule has 3 atom stereocenters. The maximum absolute atomic E-state index is 12.8. The van der Waals surface area contributed by atoms with E-state index in [9.17, 15) is 9.00 Å². The van der Waals surface area contributed by atoms with Crippen LogP contribution in [-0.2, 0) is 20.3 Å². The van der Waals surface area contributed by atoms with Crippen molar-refractivity contribution < 1.29 is 18.5 Å². The minimum absolute atomic E-state index is 0.170. The number of nitrogens with zero attached hydrogens (tertiary/aromatic N) is 2. The minimum atomic E-state index is -0.934. The van der Waals surface area contributed by atoms with E-state index in [1.54, 1.807) is 11.9 Å². The smallest absolute Gasteiger partial charge is 0.412 e. The highest BCUT2D eigenvalue weighted by molar-refractivity contribution is 7.86. The minimum Gasteiger partial charge on any atom is -0.444 e. The first-order valence-corrected chi connectivity index (χ1v) is 11.4. The Balaban J connectivity index is 2.73. The van der Waals surface area contributed by atoms with Crippen molar-refractivity contribution in [1.29, 1.82) is 0 Å². The van der Waals surface area contributed by atoms with Crippen LogP contribution in [0.25, 0.3) is 0 Å². The third kappa shape index (κ3) is 7.77. The van der Waals surface area contributed by atoms with Crippen molar-refractivity contribution in [3.8, 4) is 0 Å². The Bertz CT molecular complexity index is 623. The first kappa shape index (κ1) is 25.7. The van der Waals surface area contributed by atoms with Crippen molar-refractivity contribution in [2.24, 2.45) is 4.99 Å². The van der Waals surface area contributed by atoms with Crippen LogP contribution in [0.5, 0.6) is 0 Å². The molecule has 0 saturated carbocycles. The summed E-state index contributed by atoms with van der Waals surface area (Å²) >= 11 is 0. The van der Waals surface area contributed by atoms with Crippen molar-refractivity contribution >= 4 is 22.9 Å². The number of guanidine groups is 1. The Morgan fingerprint density at radius 3 is 2.28 bits per heavy atom. The summed E-state index contributed by atoms with van der Waals surface area (Å²) < 4.78 is 23.5. The molecule has 0 aromatic rings. The molecule has 2 N–H and O–H groups in total. The number of carbonyl (C=O) groups excluding carboxylic acids is 1. The van der Waals surface area contributed by atoms with Crippen LogP contribution in [0.4, 0.5) is 4.79 Å². The topological polar surface area (TPSA) is 92.3 Å². The summed E-state index contributed by atoms with van der Waals surface area (Å²) in [5.41, 5.74) is -1.36. The van der Waals surface area contributed by atoms with Gasteiger partial charge in [0.2, 0.25) is 0 Å². The Hall–Kier alpha value is -1.35. The molecule has 0 spiro atoms. The highest BCUT2D eigenvalue weighted by Crippen LogP contribution is 2.33. The van der Waals surface area contributed by atoms with E-state index < -0.39 is 28.2 Å². The van der Waals surface area contributed by atoms with Crippen LogP contribution in [-0.4, -0.2) is 75.3 Å². The molecule has 9 heteroatoms. The van der Waals surface area contributed by atoms with Crippen LogP contribution in [0.15, 0.2) is 4.99 Å². The first-order valence-electron chi connectivity index (χ1n) is 10.1. The molecule has 1 fully saturated rings. The lowest BCUT2D eigenvalue weighted by Crippen LogP contribution is -2.54. The van der Waals surface area contributed by atoms with Gasteiger partial charge in [-0.15, -0.1) is 0 Å². The standard InChI is InChI=1S/C20H40N4O4S/c1-14-15(24(20(8,9)27-14)17(25)28-18(2,3)4)13-23-16(21-10)22-11-12-29(26)19(5,6)7/h14-15H,11-13H2,1-10H3,(H2,21,22,23). The van der Waals surface area contributed by atoms with Gasteiger partial charge in [0, 0.05) is 41.4 Å². The first-order chi connectivity index (χ1) is 13.1. The monoisotopic (exact) mass is 432 g/mol. The van der Waals surface area contributed by atoms with Crippen LogP contribution in [0.3, 0.4) is 0 Å². The molecule has 1 rings (SSSR count). The fourth-order valence-corrected chi connectivity index (χ4v) is 4.01. The number of hydrogen-bond acceptors (Lipinski definition) is 5. The van der Waals surface area contributed by atoms with Gasteiger partial charge in [-0.1, -0.05) is 0 Å². The molecule has 170 valence electrons. The summed E-state index contributed by atoms with van der Waals surface area (Å²) in [5.74, 6) is 1.13. The van der Waals surface area contributed by atoms with Gasteiger partial charge in [-0.3, -0.25) is 14.1 Å². The zero-order valence-corrected chi connectivity index (χ0v) is 20.5. The molecular weight excluding hydrogens is 392 g/mol. The largest absolute Gasteiger partial charge is 0.444 e. The molecule has 0 aromatic carbocycles. The Kier molecular flexibility index (Phi) is 8.54. The number of hydrogen-bond donors (Lipinski definition) is 2. The van der Waals surface area contributed by atoms with Crippen molar-refractivity contribution in [2.75, 3.05) is 25.9 Å². The normalized spacial score (nSPS) is 23.7. The third-order valence-corrected chi connectivity index (χ3v) is 6.42. The van der Waals surface area contributed by atoms with Crippen LogP contribution < -0.4 is 10.6 Å². The number of ether oxygens (including phenoxy) is 2. The molecule has 3 unspecified atom stereocenters. The lowest BCUT2D eigenvalue weighted by Gasteiger charge is -2.35. The maximum Gasteiger partial charge on any atom is 0.412 e. The van der Waals surface area contributed by atoms with E-state index in [0.717, 1.165) is 0 Å². The number of carbonyl (C=O) groups is 1. The number of nitrogens with one attached hydrogen (secondary N) is 2. The highest BCUT2D eigenvalue weighted by Gasteiger charge is 2.49. The predicted octanol–water partition coefficient (Wildman–Crippen LogP) is 2.46. The summed E-state index contributed by atoms with van der Waals surface area (Å²) in [6.45, 7) is 18.1. The van der Waals surface area contributed by atoms with Crippen molar-refractivity contribution in [3.63, 3.8) is 0 Å². The fraction of sp³-hybridized carbons (Fsp3) is 0.900. The van der Waals surface area contributed by atoms with Gasteiger partial charge >= 0.3 is 6.09 Å². The van der Waals surface area contributed by atoms with E-state index in [4.69, 9.17) is 9.47 Å². The lowest BCUT2D eigenvalue weighted by atomic mass is 10.1. The molecule has 29 heavy (non-hydrogen) atoms. The lowest BCUT2D eigenvalue weighted by molar-refractivity contribution is -0.0755. The molecule has 1 amide bonds. The molecule has 1 saturated heterocycles. The Morgan fingerprint density at radius 2 is 1.79 bits per heavy atom. The summed E-state index contributed by atoms with van der Waals surface area (Å²) in [7, 11) is 0.747. The van der Waals surface area contributed by atoms with Gasteiger partial charge in [-0.05, 0) is 62.3 Å². The number of amides is 1. The number of aliphatic imine (C=N–C) groups is 1. The van der Waals surface area contributed by atoms with Crippen molar-refractivity contribution in [2.45, 2.75) is 90.5 Å². The van der Waals surface area contributed by atoms with Crippen LogP contribution in [0, 0.1) is 0 Å². The van der Waals surface area contributed by atoms with Crippen molar-refractivity contribution in [1.82, 2.24) is 15.5 Å². The average molecular weight is 433 g/mol. The van der Waals surface area contributed by atoms with E-state index in [2.05, 4.69) is 15.6 Å². The maximum atomic E-state index is 12.8. The van der Waals surface area contributed by atoms with E-state index in [-0.39, 0.29) is 16.9 Å². The Morgan fingerprint density at radius 1 is 1.21 bits per heavy atom. The highest BCUT2D eigenvalue weighted by atomic mass is 32.2. The quantitative estimate of drug-likeness (QED) is 0.512. The van der Waals surface area contributed by atoms with E-state index in [1.165, 1.54) is 0 Å². The molecule has 1 heterocycles. The second-order valence-corrected chi connectivity index (χ2v) is 12.1. The molecule has 0 radical (unpaired) electrons. The predicted molar refractivity (Wildman–Crippen MR) is 119 cm³/mol. The molecule has 8 nitrogen and oxygen atoms in total. The summed E-state index contributed by atoms with van der Waals surface area (Å²) in [6, 6.07) is -0.220. The van der Waals surface area contributed by atoms with E-state index in [1.807, 2.05) is 62.3 Å². The zero-order valence-electron chi connectivity index (χ0n) is 19.7. The SMILES string of the molecule is CN=C(NCCS(=O)C(C)(C)C)NCC1C(C)OC(C)(C)N1C(=O)OC(C)(C)C. The average Bonchev–Trinajstić information content (AvgIpc) is 2.76. The van der Waals surface area contributed by atoms with Gasteiger partial charge in [0.15, 0.2) is 5.96 Å². The third-order valence-electron chi connectivity index (χ3n) is 4.48. The molecular formula is C20H40N4O4S. The Labute approximate surface area is 178 Å². The zero-order chi connectivity index (χ0) is 22.6. The summed E-state index contributed by atoms with van der Waals surface area (Å²) in [5, 5.41) is 6.43. The molecule has 0 aliphatic carbocycles. The van der Waals surface area contributed by atoms with Crippen LogP contribution >= 0.6 is 0 Å². The molecule has 1 aliphatic rings. The van der Waals surface area contributed by atoms with Gasteiger partial charge < -0.3 is 20.1 Å². The van der Waals surface area contributed by atoms with Crippen LogP contribution in [0.1, 0.15) is 62.3 Å². The number of rotatable bonds is 5.